The summed E-state index contributed by atoms with van der Waals surface area (Å²) in [6, 6.07) is 13.8. The highest BCUT2D eigenvalue weighted by Crippen LogP contribution is 2.27. The predicted molar refractivity (Wildman–Crippen MR) is 104 cm³/mol. The van der Waals surface area contributed by atoms with E-state index in [0.29, 0.717) is 18.0 Å². The summed E-state index contributed by atoms with van der Waals surface area (Å²) in [7, 11) is -3.64. The van der Waals surface area contributed by atoms with Crippen molar-refractivity contribution in [3.8, 4) is 17.0 Å². The summed E-state index contributed by atoms with van der Waals surface area (Å²) in [5, 5.41) is 0. The molecule has 0 bridgehead atoms. The molecule has 2 heterocycles. The Hall–Kier alpha value is -2.80. The molecule has 140 valence electrons. The molecule has 0 amide bonds. The van der Waals surface area contributed by atoms with Gasteiger partial charge in [0.2, 0.25) is 0 Å². The molecule has 0 saturated heterocycles. The Morgan fingerprint density at radius 2 is 1.85 bits per heavy atom. The zero-order valence-corrected chi connectivity index (χ0v) is 15.9. The molecule has 1 aliphatic rings. The van der Waals surface area contributed by atoms with E-state index in [4.69, 9.17) is 4.74 Å². The fourth-order valence-corrected chi connectivity index (χ4v) is 4.35. The Kier molecular flexibility index (Phi) is 4.61. The van der Waals surface area contributed by atoms with E-state index in [0.717, 1.165) is 36.5 Å². The van der Waals surface area contributed by atoms with E-state index in [-0.39, 0.29) is 4.90 Å². The van der Waals surface area contributed by atoms with Gasteiger partial charge < -0.3 is 9.30 Å². The topological polar surface area (TPSA) is 73.2 Å². The second-order valence-electron chi connectivity index (χ2n) is 6.40. The lowest BCUT2D eigenvalue weighted by Crippen LogP contribution is -2.12. The highest BCUT2D eigenvalue weighted by Gasteiger charge is 2.17. The first kappa shape index (κ1) is 17.6. The largest absolute Gasteiger partial charge is 0.494 e. The Balaban J connectivity index is 1.52. The monoisotopic (exact) mass is 383 g/mol. The third kappa shape index (κ3) is 3.55. The highest BCUT2D eigenvalue weighted by molar-refractivity contribution is 7.92. The number of aryl methyl sites for hydroxylation is 1. The average Bonchev–Trinajstić information content (AvgIpc) is 3.27. The maximum Gasteiger partial charge on any atom is 0.261 e. The number of anilines is 1. The number of rotatable bonds is 6. The molecule has 27 heavy (non-hydrogen) atoms. The van der Waals surface area contributed by atoms with E-state index in [1.165, 1.54) is 12.1 Å². The van der Waals surface area contributed by atoms with Crippen LogP contribution >= 0.6 is 0 Å². The molecule has 4 rings (SSSR count). The number of imidazole rings is 1. The first-order chi connectivity index (χ1) is 13.1. The Morgan fingerprint density at radius 1 is 1.11 bits per heavy atom. The van der Waals surface area contributed by atoms with Crippen LogP contribution in [0.15, 0.2) is 59.6 Å². The number of fused-ring (bicyclic) bond motifs is 1. The third-order valence-corrected chi connectivity index (χ3v) is 6.00. The summed E-state index contributed by atoms with van der Waals surface area (Å²) in [5.41, 5.74) is 2.62. The number of aromatic nitrogens is 2. The minimum Gasteiger partial charge on any atom is -0.494 e. The molecular formula is C20H21N3O3S. The van der Waals surface area contributed by atoms with Crippen molar-refractivity contribution in [2.75, 3.05) is 11.3 Å². The molecule has 2 aromatic carbocycles. The summed E-state index contributed by atoms with van der Waals surface area (Å²) in [6.45, 7) is 3.40. The van der Waals surface area contributed by atoms with E-state index in [1.807, 2.05) is 25.3 Å². The number of ether oxygens (including phenoxy) is 1. The molecule has 0 unspecified atom stereocenters. The van der Waals surface area contributed by atoms with Crippen LogP contribution in [0.5, 0.6) is 5.75 Å². The normalized spacial score (nSPS) is 13.4. The zero-order chi connectivity index (χ0) is 18.9. The molecule has 0 saturated carbocycles. The molecule has 0 radical (unpaired) electrons. The van der Waals surface area contributed by atoms with Gasteiger partial charge >= 0.3 is 0 Å². The van der Waals surface area contributed by atoms with Gasteiger partial charge in [0.1, 0.15) is 11.6 Å². The van der Waals surface area contributed by atoms with Crippen LogP contribution in [0.4, 0.5) is 5.69 Å². The van der Waals surface area contributed by atoms with Gasteiger partial charge in [-0.1, -0.05) is 12.1 Å². The highest BCUT2D eigenvalue weighted by atomic mass is 32.2. The molecule has 3 aromatic rings. The summed E-state index contributed by atoms with van der Waals surface area (Å²) in [5.74, 6) is 1.76. The van der Waals surface area contributed by atoms with E-state index >= 15 is 0 Å². The summed E-state index contributed by atoms with van der Waals surface area (Å²) in [4.78, 5) is 4.65. The second kappa shape index (κ2) is 7.08. The van der Waals surface area contributed by atoms with Crippen LogP contribution in [0.2, 0.25) is 0 Å². The van der Waals surface area contributed by atoms with Gasteiger partial charge in [0, 0.05) is 18.7 Å². The number of nitrogens with one attached hydrogen (secondary N) is 1. The summed E-state index contributed by atoms with van der Waals surface area (Å²) < 4.78 is 35.3. The van der Waals surface area contributed by atoms with Crippen LogP contribution in [-0.2, 0) is 23.0 Å². The first-order valence-corrected chi connectivity index (χ1v) is 10.5. The van der Waals surface area contributed by atoms with Crippen LogP contribution in [-0.4, -0.2) is 24.6 Å². The Morgan fingerprint density at radius 3 is 2.56 bits per heavy atom. The smallest absolute Gasteiger partial charge is 0.261 e. The van der Waals surface area contributed by atoms with Crippen molar-refractivity contribution < 1.29 is 13.2 Å². The SMILES string of the molecule is CCOc1ccc(S(=O)(=O)Nc2ccc(-c3cnc4n3CCC4)cc2)cc1. The quantitative estimate of drug-likeness (QED) is 0.704. The fraction of sp³-hybridized carbons (Fsp3) is 0.250. The summed E-state index contributed by atoms with van der Waals surface area (Å²) >= 11 is 0. The van der Waals surface area contributed by atoms with Crippen LogP contribution < -0.4 is 9.46 Å². The fourth-order valence-electron chi connectivity index (χ4n) is 3.29. The van der Waals surface area contributed by atoms with Gasteiger partial charge in [0.15, 0.2) is 0 Å². The van der Waals surface area contributed by atoms with Crippen molar-refractivity contribution in [1.82, 2.24) is 9.55 Å². The van der Waals surface area contributed by atoms with Crippen molar-refractivity contribution >= 4 is 15.7 Å². The van der Waals surface area contributed by atoms with Crippen molar-refractivity contribution in [2.24, 2.45) is 0 Å². The van der Waals surface area contributed by atoms with Gasteiger partial charge in [-0.2, -0.15) is 0 Å². The van der Waals surface area contributed by atoms with E-state index in [9.17, 15) is 8.42 Å². The van der Waals surface area contributed by atoms with Crippen molar-refractivity contribution in [2.45, 2.75) is 31.2 Å². The molecule has 0 atom stereocenters. The molecule has 0 spiro atoms. The average molecular weight is 383 g/mol. The Labute approximate surface area is 158 Å². The maximum absolute atomic E-state index is 12.6. The lowest BCUT2D eigenvalue weighted by atomic mass is 10.1. The standard InChI is InChI=1S/C20H21N3O3S/c1-2-26-17-9-11-18(12-10-17)27(24,25)22-16-7-5-15(6-8-16)19-14-21-20-4-3-13-23(19)20/h5-12,14,22H,2-4,13H2,1H3. The van der Waals surface area contributed by atoms with Crippen LogP contribution in [0.25, 0.3) is 11.3 Å². The zero-order valence-electron chi connectivity index (χ0n) is 15.1. The molecule has 0 fully saturated rings. The van der Waals surface area contributed by atoms with Crippen molar-refractivity contribution in [3.05, 3.63) is 60.6 Å². The van der Waals surface area contributed by atoms with Crippen LogP contribution in [0, 0.1) is 0 Å². The molecular weight excluding hydrogens is 362 g/mol. The van der Waals surface area contributed by atoms with E-state index in [1.54, 1.807) is 24.3 Å². The third-order valence-electron chi connectivity index (χ3n) is 4.60. The van der Waals surface area contributed by atoms with Crippen LogP contribution in [0.3, 0.4) is 0 Å². The predicted octanol–water partition coefficient (Wildman–Crippen LogP) is 3.70. The molecule has 0 aliphatic carbocycles. The molecule has 1 aliphatic heterocycles. The maximum atomic E-state index is 12.6. The van der Waals surface area contributed by atoms with E-state index < -0.39 is 10.0 Å². The second-order valence-corrected chi connectivity index (χ2v) is 8.08. The minimum atomic E-state index is -3.64. The minimum absolute atomic E-state index is 0.198. The summed E-state index contributed by atoms with van der Waals surface area (Å²) in [6.07, 6.45) is 4.02. The van der Waals surface area contributed by atoms with Crippen LogP contribution in [0.1, 0.15) is 19.2 Å². The molecule has 1 N–H and O–H groups in total. The Bertz CT molecular complexity index is 1040. The lowest BCUT2D eigenvalue weighted by Gasteiger charge is -2.10. The van der Waals surface area contributed by atoms with Gasteiger partial charge in [0.05, 0.1) is 23.4 Å². The number of hydrogen-bond donors (Lipinski definition) is 1. The number of sulfonamides is 1. The van der Waals surface area contributed by atoms with Gasteiger partial charge in [-0.05, 0) is 55.3 Å². The molecule has 1 aromatic heterocycles. The number of hydrogen-bond acceptors (Lipinski definition) is 4. The molecule has 6 nitrogen and oxygen atoms in total. The van der Waals surface area contributed by atoms with Gasteiger partial charge in [0.25, 0.3) is 10.0 Å². The van der Waals surface area contributed by atoms with Gasteiger partial charge in [-0.3, -0.25) is 4.72 Å². The first-order valence-electron chi connectivity index (χ1n) is 8.97. The molecule has 7 heteroatoms. The van der Waals surface area contributed by atoms with E-state index in [2.05, 4.69) is 14.3 Å². The lowest BCUT2D eigenvalue weighted by molar-refractivity contribution is 0.340. The van der Waals surface area contributed by atoms with Crippen molar-refractivity contribution in [1.29, 1.82) is 0 Å². The van der Waals surface area contributed by atoms with Gasteiger partial charge in [-0.25, -0.2) is 13.4 Å². The van der Waals surface area contributed by atoms with Gasteiger partial charge in [-0.15, -0.1) is 0 Å². The number of benzene rings is 2. The van der Waals surface area contributed by atoms with Crippen molar-refractivity contribution in [3.63, 3.8) is 0 Å². The number of nitrogens with zero attached hydrogens (tertiary/aromatic N) is 2.